The average molecular weight is 350 g/mol. The van der Waals surface area contributed by atoms with E-state index in [9.17, 15) is 20.2 Å². The molecule has 2 aromatic rings. The van der Waals surface area contributed by atoms with Crippen LogP contribution >= 0.6 is 0 Å². The van der Waals surface area contributed by atoms with E-state index in [1.165, 1.54) is 36.7 Å². The van der Waals surface area contributed by atoms with Crippen molar-refractivity contribution in [3.05, 3.63) is 92.0 Å². The van der Waals surface area contributed by atoms with E-state index in [1.807, 2.05) is 0 Å². The van der Waals surface area contributed by atoms with E-state index in [0.29, 0.717) is 11.1 Å². The highest BCUT2D eigenvalue weighted by molar-refractivity contribution is 5.82. The van der Waals surface area contributed by atoms with Crippen LogP contribution in [0.2, 0.25) is 0 Å². The first kappa shape index (κ1) is 18.4. The van der Waals surface area contributed by atoms with E-state index in [4.69, 9.17) is 0 Å². The van der Waals surface area contributed by atoms with Crippen molar-refractivity contribution in [3.8, 4) is 0 Å². The van der Waals surface area contributed by atoms with Crippen LogP contribution in [0.25, 0.3) is 12.2 Å². The van der Waals surface area contributed by atoms with Gasteiger partial charge in [0.05, 0.1) is 21.0 Å². The Balaban J connectivity index is 1.95. The summed E-state index contributed by atoms with van der Waals surface area (Å²) in [6.45, 7) is 0. The lowest BCUT2D eigenvalue weighted by Crippen LogP contribution is -1.90. The van der Waals surface area contributed by atoms with E-state index in [-0.39, 0.29) is 11.4 Å². The Morgan fingerprint density at radius 3 is 1.46 bits per heavy atom. The molecule has 8 heteroatoms. The van der Waals surface area contributed by atoms with Gasteiger partial charge in [-0.2, -0.15) is 10.2 Å². The molecule has 0 fully saturated rings. The normalized spacial score (nSPS) is 11.8. The molecule has 0 saturated carbocycles. The van der Waals surface area contributed by atoms with Crippen molar-refractivity contribution < 1.29 is 9.85 Å². The van der Waals surface area contributed by atoms with Crippen LogP contribution in [0.15, 0.2) is 70.9 Å². The van der Waals surface area contributed by atoms with Gasteiger partial charge in [0.1, 0.15) is 0 Å². The van der Waals surface area contributed by atoms with Gasteiger partial charge >= 0.3 is 0 Å². The summed E-state index contributed by atoms with van der Waals surface area (Å²) >= 11 is 0. The van der Waals surface area contributed by atoms with Gasteiger partial charge in [0.25, 0.3) is 11.4 Å². The number of rotatable bonds is 7. The fourth-order valence-electron chi connectivity index (χ4n) is 2.04. The van der Waals surface area contributed by atoms with Crippen molar-refractivity contribution in [2.75, 3.05) is 0 Å². The van der Waals surface area contributed by atoms with Crippen LogP contribution in [0.5, 0.6) is 0 Å². The summed E-state index contributed by atoms with van der Waals surface area (Å²) in [5, 5.41) is 29.3. The van der Waals surface area contributed by atoms with Gasteiger partial charge in [0.2, 0.25) is 0 Å². The van der Waals surface area contributed by atoms with Gasteiger partial charge in [-0.15, -0.1) is 0 Å². The third-order valence-electron chi connectivity index (χ3n) is 3.19. The van der Waals surface area contributed by atoms with Crippen molar-refractivity contribution in [3.63, 3.8) is 0 Å². The maximum absolute atomic E-state index is 10.9. The van der Waals surface area contributed by atoms with Gasteiger partial charge in [-0.05, 0) is 36.4 Å². The predicted octanol–water partition coefficient (Wildman–Crippen LogP) is 4.29. The minimum Gasteiger partial charge on any atom is -0.258 e. The van der Waals surface area contributed by atoms with Crippen molar-refractivity contribution in [2.45, 2.75) is 0 Å². The number of benzene rings is 2. The Bertz CT molecular complexity index is 841. The molecule has 0 aromatic heterocycles. The lowest BCUT2D eigenvalue weighted by Gasteiger charge is -1.95. The molecule has 0 amide bonds. The molecule has 0 aliphatic rings. The fraction of sp³-hybridized carbons (Fsp3) is 0. The third-order valence-corrected chi connectivity index (χ3v) is 3.19. The van der Waals surface area contributed by atoms with Crippen LogP contribution in [-0.4, -0.2) is 22.3 Å². The Labute approximate surface area is 148 Å². The molecule has 26 heavy (non-hydrogen) atoms. The first-order valence-electron chi connectivity index (χ1n) is 7.46. The van der Waals surface area contributed by atoms with E-state index in [0.717, 1.165) is 0 Å². The molecule has 0 atom stereocenters. The van der Waals surface area contributed by atoms with Gasteiger partial charge in [0.15, 0.2) is 0 Å². The zero-order valence-corrected chi connectivity index (χ0v) is 13.5. The van der Waals surface area contributed by atoms with Gasteiger partial charge in [0, 0.05) is 24.6 Å². The topological polar surface area (TPSA) is 111 Å². The van der Waals surface area contributed by atoms with Crippen LogP contribution in [0, 0.1) is 20.2 Å². The minimum atomic E-state index is -0.456. The molecular formula is C18H14N4O4. The highest BCUT2D eigenvalue weighted by atomic mass is 16.6. The summed E-state index contributed by atoms with van der Waals surface area (Å²) < 4.78 is 0. The molecule has 0 radical (unpaired) electrons. The summed E-state index contributed by atoms with van der Waals surface area (Å²) in [6, 6.07) is 12.7. The quantitative estimate of drug-likeness (QED) is 0.421. The van der Waals surface area contributed by atoms with E-state index in [1.54, 1.807) is 48.6 Å². The Hall–Kier alpha value is -3.94. The lowest BCUT2D eigenvalue weighted by atomic mass is 10.1. The molecular weight excluding hydrogens is 336 g/mol. The average Bonchev–Trinajstić information content (AvgIpc) is 2.64. The third kappa shape index (κ3) is 5.31. The maximum Gasteiger partial charge on any atom is 0.276 e. The molecule has 0 N–H and O–H groups in total. The monoisotopic (exact) mass is 350 g/mol. The van der Waals surface area contributed by atoms with Crippen molar-refractivity contribution in [1.29, 1.82) is 0 Å². The molecule has 0 aliphatic heterocycles. The Morgan fingerprint density at radius 2 is 1.08 bits per heavy atom. The second-order valence-corrected chi connectivity index (χ2v) is 4.88. The van der Waals surface area contributed by atoms with Crippen molar-refractivity contribution >= 4 is 36.0 Å². The van der Waals surface area contributed by atoms with E-state index >= 15 is 0 Å². The molecule has 0 bridgehead atoms. The van der Waals surface area contributed by atoms with Crippen LogP contribution in [0.1, 0.15) is 11.1 Å². The molecule has 0 aliphatic carbocycles. The summed E-state index contributed by atoms with van der Waals surface area (Å²) in [6.07, 6.45) is 8.94. The number of para-hydroxylation sites is 2. The second-order valence-electron chi connectivity index (χ2n) is 4.88. The highest BCUT2D eigenvalue weighted by Crippen LogP contribution is 2.19. The number of allylic oxidation sites excluding steroid dienone is 2. The Morgan fingerprint density at radius 1 is 0.692 bits per heavy atom. The molecule has 0 unspecified atom stereocenters. The largest absolute Gasteiger partial charge is 0.276 e. The Kier molecular flexibility index (Phi) is 6.64. The standard InChI is InChI=1S/C18H14N4O4/c23-21(24)17-11-3-1-7-15(17)9-5-13-19-20-14-6-10-16-8-2-4-12-18(16)22(25)26/h1-14H. The highest BCUT2D eigenvalue weighted by Gasteiger charge is 2.09. The first-order chi connectivity index (χ1) is 12.6. The van der Waals surface area contributed by atoms with Crippen molar-refractivity contribution in [2.24, 2.45) is 10.2 Å². The van der Waals surface area contributed by atoms with E-state index in [2.05, 4.69) is 10.2 Å². The lowest BCUT2D eigenvalue weighted by molar-refractivity contribution is -0.385. The smallest absolute Gasteiger partial charge is 0.258 e. The van der Waals surface area contributed by atoms with Crippen LogP contribution in [0.3, 0.4) is 0 Å². The molecule has 0 saturated heterocycles. The molecule has 0 heterocycles. The van der Waals surface area contributed by atoms with Crippen LogP contribution in [0.4, 0.5) is 11.4 Å². The van der Waals surface area contributed by atoms with Gasteiger partial charge < -0.3 is 0 Å². The molecule has 2 rings (SSSR count). The predicted molar refractivity (Wildman–Crippen MR) is 101 cm³/mol. The summed E-state index contributed by atoms with van der Waals surface area (Å²) in [5.74, 6) is 0. The number of nitro groups is 2. The van der Waals surface area contributed by atoms with Crippen LogP contribution in [-0.2, 0) is 0 Å². The van der Waals surface area contributed by atoms with Gasteiger partial charge in [-0.25, -0.2) is 0 Å². The maximum atomic E-state index is 10.9. The second kappa shape index (κ2) is 9.38. The minimum absolute atomic E-state index is 0.00744. The van der Waals surface area contributed by atoms with Gasteiger partial charge in [-0.3, -0.25) is 20.2 Å². The summed E-state index contributed by atoms with van der Waals surface area (Å²) in [7, 11) is 0. The van der Waals surface area contributed by atoms with Crippen LogP contribution < -0.4 is 0 Å². The SMILES string of the molecule is O=[N+]([O-])c1ccccc1C=CC=NN=CC=Cc1ccccc1[N+](=O)[O-]. The summed E-state index contributed by atoms with van der Waals surface area (Å²) in [5.41, 5.74) is 0.939. The number of hydrogen-bond donors (Lipinski definition) is 0. The molecule has 0 spiro atoms. The van der Waals surface area contributed by atoms with E-state index < -0.39 is 9.85 Å². The molecule has 2 aromatic carbocycles. The summed E-state index contributed by atoms with van der Waals surface area (Å²) in [4.78, 5) is 20.8. The van der Waals surface area contributed by atoms with Crippen molar-refractivity contribution in [1.82, 2.24) is 0 Å². The fourth-order valence-corrected chi connectivity index (χ4v) is 2.04. The zero-order valence-electron chi connectivity index (χ0n) is 13.5. The molecule has 8 nitrogen and oxygen atoms in total. The first-order valence-corrected chi connectivity index (χ1v) is 7.46. The van der Waals surface area contributed by atoms with Gasteiger partial charge in [-0.1, -0.05) is 24.3 Å². The number of nitrogens with zero attached hydrogens (tertiary/aromatic N) is 4. The number of nitro benzene ring substituents is 2. The zero-order chi connectivity index (χ0) is 18.8. The number of hydrogen-bond acceptors (Lipinski definition) is 6. The molecule has 130 valence electrons.